The largest absolute Gasteiger partial charge is 0.301 e. The second kappa shape index (κ2) is 9.61. The van der Waals surface area contributed by atoms with Crippen molar-refractivity contribution >= 4 is 22.8 Å². The molecule has 3 rings (SSSR count). The van der Waals surface area contributed by atoms with Gasteiger partial charge in [0.1, 0.15) is 5.69 Å². The first kappa shape index (κ1) is 20.2. The summed E-state index contributed by atoms with van der Waals surface area (Å²) in [6, 6.07) is 3.62. The summed E-state index contributed by atoms with van der Waals surface area (Å²) in [5, 5.41) is 26.8. The van der Waals surface area contributed by atoms with Crippen LogP contribution in [-0.2, 0) is 0 Å². The number of nitrogens with zero attached hydrogens (tertiary/aromatic N) is 3. The molecule has 0 unspecified atom stereocenters. The number of anilines is 1. The van der Waals surface area contributed by atoms with E-state index < -0.39 is 9.85 Å². The number of non-ortho nitro benzene ring substituents is 1. The SMILES string of the molecule is O=[N+]([O-])c1ccc(N/N=C2/CCCC[C@@H]2C2CCCCCCC2)c([N+](=O)[O-])c1. The number of hydrogen-bond acceptors (Lipinski definition) is 6. The Bertz CT molecular complexity index is 742. The number of nitro benzene ring substituents is 2. The molecule has 0 saturated heterocycles. The van der Waals surface area contributed by atoms with Gasteiger partial charge < -0.3 is 0 Å². The monoisotopic (exact) mass is 388 g/mol. The highest BCUT2D eigenvalue weighted by atomic mass is 16.6. The summed E-state index contributed by atoms with van der Waals surface area (Å²) in [7, 11) is 0. The summed E-state index contributed by atoms with van der Waals surface area (Å²) in [6.07, 6.45) is 13.3. The summed E-state index contributed by atoms with van der Waals surface area (Å²) in [6.45, 7) is 0. The molecule has 8 nitrogen and oxygen atoms in total. The summed E-state index contributed by atoms with van der Waals surface area (Å²) >= 11 is 0. The van der Waals surface area contributed by atoms with E-state index in [0.717, 1.165) is 31.0 Å². The second-order valence-electron chi connectivity index (χ2n) is 7.89. The fourth-order valence-corrected chi connectivity index (χ4v) is 4.57. The zero-order chi connectivity index (χ0) is 19.9. The van der Waals surface area contributed by atoms with E-state index in [1.165, 1.54) is 63.5 Å². The molecular weight excluding hydrogens is 360 g/mol. The summed E-state index contributed by atoms with van der Waals surface area (Å²) in [5.74, 6) is 1.09. The first-order valence-electron chi connectivity index (χ1n) is 10.3. The van der Waals surface area contributed by atoms with Gasteiger partial charge in [-0.2, -0.15) is 5.10 Å². The van der Waals surface area contributed by atoms with Crippen LogP contribution in [0.2, 0.25) is 0 Å². The predicted octanol–water partition coefficient (Wildman–Crippen LogP) is 5.82. The van der Waals surface area contributed by atoms with Crippen LogP contribution in [0.5, 0.6) is 0 Å². The number of hydrogen-bond donors (Lipinski definition) is 1. The number of benzene rings is 1. The first-order valence-corrected chi connectivity index (χ1v) is 10.3. The molecule has 0 aliphatic heterocycles. The van der Waals surface area contributed by atoms with Crippen molar-refractivity contribution in [3.63, 3.8) is 0 Å². The van der Waals surface area contributed by atoms with Gasteiger partial charge in [-0.3, -0.25) is 25.7 Å². The van der Waals surface area contributed by atoms with Crippen molar-refractivity contribution in [1.82, 2.24) is 0 Å². The van der Waals surface area contributed by atoms with E-state index in [0.29, 0.717) is 11.8 Å². The minimum absolute atomic E-state index is 0.199. The van der Waals surface area contributed by atoms with Gasteiger partial charge in [0.15, 0.2) is 0 Å². The molecule has 0 bridgehead atoms. The van der Waals surface area contributed by atoms with Gasteiger partial charge in [-0.05, 0) is 44.1 Å². The normalized spacial score (nSPS) is 23.0. The zero-order valence-corrected chi connectivity index (χ0v) is 16.1. The van der Waals surface area contributed by atoms with Gasteiger partial charge in [0, 0.05) is 17.7 Å². The van der Waals surface area contributed by atoms with Crippen molar-refractivity contribution in [2.75, 3.05) is 5.43 Å². The Labute approximate surface area is 164 Å². The molecule has 1 aromatic rings. The topological polar surface area (TPSA) is 111 Å². The molecule has 2 saturated carbocycles. The van der Waals surface area contributed by atoms with Crippen LogP contribution in [0.3, 0.4) is 0 Å². The fraction of sp³-hybridized carbons (Fsp3) is 0.650. The summed E-state index contributed by atoms with van der Waals surface area (Å²) in [4.78, 5) is 21.0. The van der Waals surface area contributed by atoms with Gasteiger partial charge in [-0.15, -0.1) is 0 Å². The van der Waals surface area contributed by atoms with Gasteiger partial charge in [0.05, 0.1) is 15.9 Å². The third-order valence-electron chi connectivity index (χ3n) is 6.05. The highest BCUT2D eigenvalue weighted by molar-refractivity contribution is 5.88. The van der Waals surface area contributed by atoms with E-state index >= 15 is 0 Å². The predicted molar refractivity (Wildman–Crippen MR) is 109 cm³/mol. The average Bonchev–Trinajstić information content (AvgIpc) is 2.66. The Morgan fingerprint density at radius 2 is 1.57 bits per heavy atom. The molecule has 0 amide bonds. The van der Waals surface area contributed by atoms with Crippen molar-refractivity contribution in [3.05, 3.63) is 38.4 Å². The van der Waals surface area contributed by atoms with E-state index in [1.807, 2.05) is 0 Å². The molecule has 1 N–H and O–H groups in total. The maximum Gasteiger partial charge on any atom is 0.301 e. The maximum absolute atomic E-state index is 11.3. The molecule has 152 valence electrons. The molecular formula is C20H28N4O4. The lowest BCUT2D eigenvalue weighted by Crippen LogP contribution is -2.28. The lowest BCUT2D eigenvalue weighted by molar-refractivity contribution is -0.393. The van der Waals surface area contributed by atoms with Gasteiger partial charge in [0.2, 0.25) is 0 Å². The quantitative estimate of drug-likeness (QED) is 0.504. The smallest absolute Gasteiger partial charge is 0.272 e. The number of nitrogens with one attached hydrogen (secondary N) is 1. The Balaban J connectivity index is 1.79. The molecule has 2 fully saturated rings. The van der Waals surface area contributed by atoms with Crippen LogP contribution in [0.4, 0.5) is 17.1 Å². The van der Waals surface area contributed by atoms with Gasteiger partial charge in [-0.1, -0.05) is 38.5 Å². The van der Waals surface area contributed by atoms with E-state index in [4.69, 9.17) is 0 Å². The van der Waals surface area contributed by atoms with E-state index in [2.05, 4.69) is 10.5 Å². The second-order valence-corrected chi connectivity index (χ2v) is 7.89. The molecule has 0 spiro atoms. The van der Waals surface area contributed by atoms with Gasteiger partial charge in [-0.25, -0.2) is 0 Å². The third-order valence-corrected chi connectivity index (χ3v) is 6.05. The van der Waals surface area contributed by atoms with Crippen LogP contribution < -0.4 is 5.43 Å². The molecule has 2 aliphatic carbocycles. The van der Waals surface area contributed by atoms with Crippen molar-refractivity contribution in [2.24, 2.45) is 16.9 Å². The molecule has 2 aliphatic rings. The van der Waals surface area contributed by atoms with Crippen LogP contribution in [-0.4, -0.2) is 15.6 Å². The first-order chi connectivity index (χ1) is 13.6. The molecule has 0 heterocycles. The maximum atomic E-state index is 11.3. The molecule has 1 atom stereocenters. The van der Waals surface area contributed by atoms with Crippen LogP contribution >= 0.6 is 0 Å². The minimum Gasteiger partial charge on any atom is -0.272 e. The Kier molecular flexibility index (Phi) is 6.95. The van der Waals surface area contributed by atoms with E-state index in [-0.39, 0.29) is 17.1 Å². The average molecular weight is 388 g/mol. The highest BCUT2D eigenvalue weighted by Crippen LogP contribution is 2.36. The Hall–Kier alpha value is -2.51. The lowest BCUT2D eigenvalue weighted by Gasteiger charge is -2.32. The molecule has 0 aromatic heterocycles. The third kappa shape index (κ3) is 5.05. The number of hydrazone groups is 1. The molecule has 1 aromatic carbocycles. The zero-order valence-electron chi connectivity index (χ0n) is 16.1. The van der Waals surface area contributed by atoms with Gasteiger partial charge >= 0.3 is 5.69 Å². The Morgan fingerprint density at radius 1 is 0.893 bits per heavy atom. The summed E-state index contributed by atoms with van der Waals surface area (Å²) in [5.41, 5.74) is 3.53. The fourth-order valence-electron chi connectivity index (χ4n) is 4.57. The molecule has 8 heteroatoms. The van der Waals surface area contributed by atoms with Crippen LogP contribution in [0.15, 0.2) is 23.3 Å². The van der Waals surface area contributed by atoms with Crippen molar-refractivity contribution in [2.45, 2.75) is 70.6 Å². The number of nitro groups is 2. The minimum atomic E-state index is -0.630. The van der Waals surface area contributed by atoms with Crippen molar-refractivity contribution in [3.8, 4) is 0 Å². The Morgan fingerprint density at radius 3 is 2.25 bits per heavy atom. The van der Waals surface area contributed by atoms with Crippen LogP contribution in [0.1, 0.15) is 70.6 Å². The molecule has 28 heavy (non-hydrogen) atoms. The number of rotatable bonds is 5. The van der Waals surface area contributed by atoms with Crippen molar-refractivity contribution in [1.29, 1.82) is 0 Å². The van der Waals surface area contributed by atoms with Crippen molar-refractivity contribution < 1.29 is 9.85 Å². The van der Waals surface area contributed by atoms with Crippen LogP contribution in [0.25, 0.3) is 0 Å². The summed E-state index contributed by atoms with van der Waals surface area (Å²) < 4.78 is 0. The van der Waals surface area contributed by atoms with E-state index in [9.17, 15) is 20.2 Å². The highest BCUT2D eigenvalue weighted by Gasteiger charge is 2.29. The van der Waals surface area contributed by atoms with Crippen LogP contribution in [0, 0.1) is 32.1 Å². The van der Waals surface area contributed by atoms with Gasteiger partial charge in [0.25, 0.3) is 5.69 Å². The molecule has 0 radical (unpaired) electrons. The standard InChI is InChI=1S/C20H28N4O4/c25-23(26)16-12-13-19(20(14-16)24(27)28)22-21-18-11-7-6-10-17(18)15-8-4-2-1-3-5-9-15/h12-15,17,22H,1-11H2/b21-18-/t17-/m1/s1. The lowest BCUT2D eigenvalue weighted by atomic mass is 9.73. The van der Waals surface area contributed by atoms with E-state index in [1.54, 1.807) is 0 Å².